The molecule has 0 atom stereocenters. The molecule has 1 aliphatic rings. The van der Waals surface area contributed by atoms with Crippen LogP contribution < -0.4 is 5.32 Å². The molecule has 7 heteroatoms. The molecule has 5 nitrogen and oxygen atoms in total. The van der Waals surface area contributed by atoms with Gasteiger partial charge in [0.2, 0.25) is 11.5 Å². The number of cyclic esters (lactones) is 1. The van der Waals surface area contributed by atoms with Crippen LogP contribution in [0, 0.1) is 5.82 Å². The predicted molar refractivity (Wildman–Crippen MR) is 84.0 cm³/mol. The van der Waals surface area contributed by atoms with Gasteiger partial charge < -0.3 is 14.8 Å². The molecule has 1 heterocycles. The van der Waals surface area contributed by atoms with Crippen molar-refractivity contribution < 1.29 is 23.5 Å². The summed E-state index contributed by atoms with van der Waals surface area (Å²) >= 11 is 1.39. The SMILES string of the molecule is CSc1cc(F)ccc1CNC(=O)C(C)=C1OC(C)(C)OC1=O. The highest BCUT2D eigenvalue weighted by atomic mass is 32.2. The van der Waals surface area contributed by atoms with Crippen LogP contribution >= 0.6 is 11.8 Å². The van der Waals surface area contributed by atoms with Crippen molar-refractivity contribution in [2.45, 2.75) is 38.0 Å². The van der Waals surface area contributed by atoms with Gasteiger partial charge in [-0.05, 0) is 30.9 Å². The van der Waals surface area contributed by atoms with E-state index >= 15 is 0 Å². The lowest BCUT2D eigenvalue weighted by Gasteiger charge is -2.14. The van der Waals surface area contributed by atoms with Crippen LogP contribution in [0.15, 0.2) is 34.4 Å². The number of hydrogen-bond donors (Lipinski definition) is 1. The van der Waals surface area contributed by atoms with Crippen LogP contribution in [0.3, 0.4) is 0 Å². The molecule has 0 bridgehead atoms. The second kappa shape index (κ2) is 6.62. The maximum absolute atomic E-state index is 13.2. The van der Waals surface area contributed by atoms with Crippen molar-refractivity contribution in [1.82, 2.24) is 5.32 Å². The zero-order chi connectivity index (χ0) is 17.2. The molecule has 1 aromatic rings. The first-order valence-corrected chi connectivity index (χ1v) is 8.20. The second-order valence-electron chi connectivity index (χ2n) is 5.48. The Balaban J connectivity index is 2.10. The van der Waals surface area contributed by atoms with Crippen molar-refractivity contribution in [3.05, 3.63) is 40.9 Å². The third-order valence-corrected chi connectivity index (χ3v) is 4.06. The van der Waals surface area contributed by atoms with E-state index in [-0.39, 0.29) is 23.7 Å². The van der Waals surface area contributed by atoms with E-state index in [9.17, 15) is 14.0 Å². The number of carbonyl (C=O) groups is 2. The molecule has 124 valence electrons. The Morgan fingerprint density at radius 1 is 1.35 bits per heavy atom. The van der Waals surface area contributed by atoms with E-state index in [1.165, 1.54) is 30.8 Å². The summed E-state index contributed by atoms with van der Waals surface area (Å²) in [4.78, 5) is 24.7. The molecule has 0 radical (unpaired) electrons. The summed E-state index contributed by atoms with van der Waals surface area (Å²) in [6.07, 6.45) is 1.83. The molecule has 0 spiro atoms. The fraction of sp³-hybridized carbons (Fsp3) is 0.375. The molecule has 0 aromatic heterocycles. The molecule has 0 unspecified atom stereocenters. The molecule has 1 aromatic carbocycles. The first kappa shape index (κ1) is 17.3. The molecule has 1 amide bonds. The number of esters is 1. The maximum atomic E-state index is 13.2. The minimum Gasteiger partial charge on any atom is -0.445 e. The lowest BCUT2D eigenvalue weighted by atomic mass is 10.2. The van der Waals surface area contributed by atoms with Crippen molar-refractivity contribution in [3.8, 4) is 0 Å². The number of halogens is 1. The average molecular weight is 339 g/mol. The highest BCUT2D eigenvalue weighted by molar-refractivity contribution is 7.98. The van der Waals surface area contributed by atoms with Gasteiger partial charge in [0.05, 0.1) is 5.57 Å². The molecule has 0 saturated carbocycles. The van der Waals surface area contributed by atoms with E-state index in [1.54, 1.807) is 19.9 Å². The van der Waals surface area contributed by atoms with Crippen molar-refractivity contribution in [2.24, 2.45) is 0 Å². The highest BCUT2D eigenvalue weighted by Crippen LogP contribution is 2.28. The van der Waals surface area contributed by atoms with E-state index in [4.69, 9.17) is 9.47 Å². The zero-order valence-corrected chi connectivity index (χ0v) is 14.2. The summed E-state index contributed by atoms with van der Waals surface area (Å²) in [6.45, 7) is 4.89. The standard InChI is InChI=1S/C16H18FNO4S/c1-9(13-15(20)22-16(2,3)21-13)14(19)18-8-10-5-6-11(17)7-12(10)23-4/h5-7H,8H2,1-4H3,(H,18,19). The lowest BCUT2D eigenvalue weighted by molar-refractivity contribution is -0.159. The minimum absolute atomic E-state index is 0.0864. The molecular formula is C16H18FNO4S. The number of rotatable bonds is 4. The normalized spacial score (nSPS) is 18.2. The molecule has 0 aliphatic carbocycles. The number of ether oxygens (including phenoxy) is 2. The monoisotopic (exact) mass is 339 g/mol. The van der Waals surface area contributed by atoms with Crippen LogP contribution in [0.25, 0.3) is 0 Å². The van der Waals surface area contributed by atoms with Crippen LogP contribution in [0.1, 0.15) is 26.3 Å². The molecule has 23 heavy (non-hydrogen) atoms. The average Bonchev–Trinajstić information content (AvgIpc) is 2.77. The molecule has 1 saturated heterocycles. The first-order valence-electron chi connectivity index (χ1n) is 6.97. The topological polar surface area (TPSA) is 64.6 Å². The van der Waals surface area contributed by atoms with Gasteiger partial charge in [0.1, 0.15) is 5.82 Å². The molecule has 1 N–H and O–H groups in total. The van der Waals surface area contributed by atoms with Gasteiger partial charge in [-0.2, -0.15) is 0 Å². The Morgan fingerprint density at radius 3 is 2.61 bits per heavy atom. The highest BCUT2D eigenvalue weighted by Gasteiger charge is 2.39. The Bertz CT molecular complexity index is 685. The second-order valence-corrected chi connectivity index (χ2v) is 6.33. The Hall–Kier alpha value is -2.02. The number of thioether (sulfide) groups is 1. The van der Waals surface area contributed by atoms with Gasteiger partial charge >= 0.3 is 5.97 Å². The minimum atomic E-state index is -1.07. The van der Waals surface area contributed by atoms with Gasteiger partial charge in [0.25, 0.3) is 5.91 Å². The van der Waals surface area contributed by atoms with Crippen molar-refractivity contribution in [2.75, 3.05) is 6.26 Å². The van der Waals surface area contributed by atoms with Gasteiger partial charge in [0.15, 0.2) is 0 Å². The van der Waals surface area contributed by atoms with E-state index < -0.39 is 17.7 Å². The van der Waals surface area contributed by atoms with Crippen LogP contribution in [-0.4, -0.2) is 23.9 Å². The fourth-order valence-electron chi connectivity index (χ4n) is 2.08. The third-order valence-electron chi connectivity index (χ3n) is 3.24. The van der Waals surface area contributed by atoms with E-state index in [2.05, 4.69) is 5.32 Å². The molecule has 1 aliphatic heterocycles. The van der Waals surface area contributed by atoms with Gasteiger partial charge in [0, 0.05) is 25.3 Å². The van der Waals surface area contributed by atoms with Crippen LogP contribution in [0.2, 0.25) is 0 Å². The van der Waals surface area contributed by atoms with Gasteiger partial charge in [-0.3, -0.25) is 4.79 Å². The van der Waals surface area contributed by atoms with Gasteiger partial charge in [-0.1, -0.05) is 6.07 Å². The first-order chi connectivity index (χ1) is 10.7. The molecule has 2 rings (SSSR count). The number of nitrogens with one attached hydrogen (secondary N) is 1. The third kappa shape index (κ3) is 4.04. The quantitative estimate of drug-likeness (QED) is 0.519. The van der Waals surface area contributed by atoms with Crippen molar-refractivity contribution in [3.63, 3.8) is 0 Å². The fourth-order valence-corrected chi connectivity index (χ4v) is 2.72. The number of benzene rings is 1. The number of hydrogen-bond acceptors (Lipinski definition) is 5. The number of carbonyl (C=O) groups excluding carboxylic acids is 2. The lowest BCUT2D eigenvalue weighted by Crippen LogP contribution is -2.25. The maximum Gasteiger partial charge on any atom is 0.377 e. The predicted octanol–water partition coefficient (Wildman–Crippen LogP) is 2.75. The Morgan fingerprint density at radius 2 is 2.04 bits per heavy atom. The van der Waals surface area contributed by atoms with E-state index in [0.717, 1.165) is 10.5 Å². The summed E-state index contributed by atoms with van der Waals surface area (Å²) < 4.78 is 23.6. The van der Waals surface area contributed by atoms with Crippen LogP contribution in [-0.2, 0) is 25.6 Å². The summed E-state index contributed by atoms with van der Waals surface area (Å²) in [7, 11) is 0. The van der Waals surface area contributed by atoms with Gasteiger partial charge in [-0.15, -0.1) is 11.8 Å². The largest absolute Gasteiger partial charge is 0.445 e. The Kier molecular flexibility index (Phi) is 4.99. The molecular weight excluding hydrogens is 321 g/mol. The zero-order valence-electron chi connectivity index (χ0n) is 13.4. The van der Waals surface area contributed by atoms with Crippen LogP contribution in [0.5, 0.6) is 0 Å². The van der Waals surface area contributed by atoms with Crippen molar-refractivity contribution in [1.29, 1.82) is 0 Å². The van der Waals surface area contributed by atoms with Crippen molar-refractivity contribution >= 4 is 23.6 Å². The van der Waals surface area contributed by atoms with E-state index in [0.29, 0.717) is 0 Å². The number of amides is 1. The summed E-state index contributed by atoms with van der Waals surface area (Å²) in [5, 5.41) is 2.70. The van der Waals surface area contributed by atoms with Gasteiger partial charge in [-0.25, -0.2) is 9.18 Å². The Labute approximate surface area is 138 Å². The summed E-state index contributed by atoms with van der Waals surface area (Å²) in [5.74, 6) is -2.58. The van der Waals surface area contributed by atoms with E-state index in [1.807, 2.05) is 6.26 Å². The smallest absolute Gasteiger partial charge is 0.377 e. The summed E-state index contributed by atoms with van der Waals surface area (Å²) in [5.41, 5.74) is 0.939. The molecule has 1 fully saturated rings. The summed E-state index contributed by atoms with van der Waals surface area (Å²) in [6, 6.07) is 4.37. The van der Waals surface area contributed by atoms with Crippen LogP contribution in [0.4, 0.5) is 4.39 Å².